The summed E-state index contributed by atoms with van der Waals surface area (Å²) in [4.78, 5) is 0. The van der Waals surface area contributed by atoms with Crippen molar-refractivity contribution in [2.24, 2.45) is 0 Å². The standard InChI is InChI=1S/C18H15ClF2N2O/c19-17-11-7-18(3-4-18)24-8-12(11)16(22-23-17)15-13(20)5-10(6-14(15)21)9-1-2-9/h5-6,9H,1-4,7-8H2. The van der Waals surface area contributed by atoms with Crippen LogP contribution in [-0.4, -0.2) is 15.8 Å². The van der Waals surface area contributed by atoms with Crippen molar-refractivity contribution in [3.05, 3.63) is 45.6 Å². The van der Waals surface area contributed by atoms with E-state index in [2.05, 4.69) is 10.2 Å². The van der Waals surface area contributed by atoms with E-state index in [1.807, 2.05) is 0 Å². The molecular weight excluding hydrogens is 334 g/mol. The summed E-state index contributed by atoms with van der Waals surface area (Å²) in [7, 11) is 0. The predicted octanol–water partition coefficient (Wildman–Crippen LogP) is 4.56. The van der Waals surface area contributed by atoms with Crippen LogP contribution in [0.3, 0.4) is 0 Å². The smallest absolute Gasteiger partial charge is 0.155 e. The van der Waals surface area contributed by atoms with Crippen molar-refractivity contribution in [2.75, 3.05) is 0 Å². The van der Waals surface area contributed by atoms with Gasteiger partial charge in [-0.15, -0.1) is 10.2 Å². The molecule has 3 nitrogen and oxygen atoms in total. The van der Waals surface area contributed by atoms with Gasteiger partial charge in [0.15, 0.2) is 5.15 Å². The molecule has 6 heteroatoms. The van der Waals surface area contributed by atoms with Gasteiger partial charge in [0.25, 0.3) is 0 Å². The third-order valence-corrected chi connectivity index (χ3v) is 5.62. The van der Waals surface area contributed by atoms with Crippen LogP contribution in [0.25, 0.3) is 11.3 Å². The first kappa shape index (κ1) is 14.7. The average Bonchev–Trinajstić information content (AvgIpc) is 3.45. The predicted molar refractivity (Wildman–Crippen MR) is 84.8 cm³/mol. The number of benzene rings is 1. The fraction of sp³-hybridized carbons (Fsp3) is 0.444. The maximum absolute atomic E-state index is 14.6. The summed E-state index contributed by atoms with van der Waals surface area (Å²) in [6.07, 6.45) is 4.58. The zero-order valence-electron chi connectivity index (χ0n) is 12.9. The molecule has 0 bridgehead atoms. The highest BCUT2D eigenvalue weighted by molar-refractivity contribution is 6.30. The normalized spacial score (nSPS) is 21.0. The minimum Gasteiger partial charge on any atom is -0.370 e. The monoisotopic (exact) mass is 348 g/mol. The molecule has 1 spiro atoms. The van der Waals surface area contributed by atoms with Crippen LogP contribution in [0.4, 0.5) is 8.78 Å². The summed E-state index contributed by atoms with van der Waals surface area (Å²) >= 11 is 6.19. The maximum atomic E-state index is 14.6. The average molecular weight is 349 g/mol. The molecule has 0 saturated heterocycles. The zero-order chi connectivity index (χ0) is 16.5. The Hall–Kier alpha value is -1.59. The van der Waals surface area contributed by atoms with Crippen LogP contribution < -0.4 is 0 Å². The lowest BCUT2D eigenvalue weighted by Crippen LogP contribution is -2.25. The Morgan fingerprint density at radius 2 is 1.79 bits per heavy atom. The highest BCUT2D eigenvalue weighted by Crippen LogP contribution is 2.49. The van der Waals surface area contributed by atoms with E-state index in [9.17, 15) is 8.78 Å². The van der Waals surface area contributed by atoms with Crippen LogP contribution in [-0.2, 0) is 17.8 Å². The van der Waals surface area contributed by atoms with E-state index in [0.717, 1.165) is 36.8 Å². The quantitative estimate of drug-likeness (QED) is 0.798. The van der Waals surface area contributed by atoms with Crippen molar-refractivity contribution in [1.29, 1.82) is 0 Å². The van der Waals surface area contributed by atoms with Gasteiger partial charge in [-0.2, -0.15) is 0 Å². The number of rotatable bonds is 2. The highest BCUT2D eigenvalue weighted by Gasteiger charge is 2.48. The van der Waals surface area contributed by atoms with E-state index in [-0.39, 0.29) is 29.4 Å². The van der Waals surface area contributed by atoms with Gasteiger partial charge in [0, 0.05) is 17.5 Å². The molecule has 2 aliphatic carbocycles. The molecule has 124 valence electrons. The van der Waals surface area contributed by atoms with E-state index in [1.165, 1.54) is 12.1 Å². The molecule has 2 fully saturated rings. The second-order valence-electron chi connectivity index (χ2n) is 7.08. The molecule has 5 rings (SSSR count). The first-order valence-corrected chi connectivity index (χ1v) is 8.61. The molecule has 2 heterocycles. The Morgan fingerprint density at radius 3 is 2.42 bits per heavy atom. The molecule has 2 aromatic rings. The van der Waals surface area contributed by atoms with E-state index in [4.69, 9.17) is 16.3 Å². The molecule has 1 aliphatic heterocycles. The first-order valence-electron chi connectivity index (χ1n) is 8.23. The lowest BCUT2D eigenvalue weighted by Gasteiger charge is -2.26. The van der Waals surface area contributed by atoms with Crippen molar-refractivity contribution in [1.82, 2.24) is 10.2 Å². The van der Waals surface area contributed by atoms with Gasteiger partial charge >= 0.3 is 0 Å². The summed E-state index contributed by atoms with van der Waals surface area (Å²) in [6.45, 7) is 0.267. The third-order valence-electron chi connectivity index (χ3n) is 5.32. The molecule has 0 N–H and O–H groups in total. The van der Waals surface area contributed by atoms with Crippen LogP contribution >= 0.6 is 11.6 Å². The van der Waals surface area contributed by atoms with E-state index < -0.39 is 11.6 Å². The lowest BCUT2D eigenvalue weighted by molar-refractivity contribution is 0.00809. The number of hydrogen-bond acceptors (Lipinski definition) is 3. The lowest BCUT2D eigenvalue weighted by atomic mass is 9.94. The van der Waals surface area contributed by atoms with Crippen molar-refractivity contribution in [3.8, 4) is 11.3 Å². The van der Waals surface area contributed by atoms with E-state index >= 15 is 0 Å². The van der Waals surface area contributed by atoms with Gasteiger partial charge < -0.3 is 4.74 Å². The Bertz CT molecular complexity index is 839. The minimum absolute atomic E-state index is 0.129. The number of aromatic nitrogens is 2. The first-order chi connectivity index (χ1) is 11.6. The van der Waals surface area contributed by atoms with Crippen molar-refractivity contribution in [3.63, 3.8) is 0 Å². The second-order valence-corrected chi connectivity index (χ2v) is 7.44. The Labute approximate surface area is 143 Å². The highest BCUT2D eigenvalue weighted by atomic mass is 35.5. The Kier molecular flexibility index (Phi) is 3.04. The summed E-state index contributed by atoms with van der Waals surface area (Å²) in [6, 6.07) is 2.84. The molecule has 24 heavy (non-hydrogen) atoms. The molecule has 0 amide bonds. The largest absolute Gasteiger partial charge is 0.370 e. The Morgan fingerprint density at radius 1 is 1.08 bits per heavy atom. The van der Waals surface area contributed by atoms with Gasteiger partial charge in [-0.3, -0.25) is 0 Å². The molecular formula is C18H15ClF2N2O. The fourth-order valence-corrected chi connectivity index (χ4v) is 3.77. The van der Waals surface area contributed by atoms with Gasteiger partial charge in [-0.05, 0) is 49.3 Å². The van der Waals surface area contributed by atoms with Crippen molar-refractivity contribution < 1.29 is 13.5 Å². The second kappa shape index (κ2) is 4.96. The van der Waals surface area contributed by atoms with Gasteiger partial charge in [-0.25, -0.2) is 8.78 Å². The van der Waals surface area contributed by atoms with Crippen molar-refractivity contribution >= 4 is 11.6 Å². The van der Waals surface area contributed by atoms with Gasteiger partial charge in [-0.1, -0.05) is 11.6 Å². The number of halogens is 3. The van der Waals surface area contributed by atoms with Crippen LogP contribution in [0.5, 0.6) is 0 Å². The summed E-state index contributed by atoms with van der Waals surface area (Å²) in [5.74, 6) is -0.906. The number of ether oxygens (including phenoxy) is 1. The summed E-state index contributed by atoms with van der Waals surface area (Å²) in [5.41, 5.74) is 2.12. The molecule has 0 atom stereocenters. The molecule has 1 aromatic carbocycles. The number of nitrogens with zero attached hydrogens (tertiary/aromatic N) is 2. The minimum atomic E-state index is -0.595. The molecule has 1 aromatic heterocycles. The molecule has 0 radical (unpaired) electrons. The number of hydrogen-bond donors (Lipinski definition) is 0. The van der Waals surface area contributed by atoms with Gasteiger partial charge in [0.05, 0.1) is 17.8 Å². The summed E-state index contributed by atoms with van der Waals surface area (Å²) < 4.78 is 35.2. The molecule has 3 aliphatic rings. The van der Waals surface area contributed by atoms with Gasteiger partial charge in [0.1, 0.15) is 17.3 Å². The van der Waals surface area contributed by atoms with E-state index in [0.29, 0.717) is 17.1 Å². The number of fused-ring (bicyclic) bond motifs is 1. The zero-order valence-corrected chi connectivity index (χ0v) is 13.7. The van der Waals surface area contributed by atoms with Crippen molar-refractivity contribution in [2.45, 2.75) is 50.2 Å². The van der Waals surface area contributed by atoms with Crippen LogP contribution in [0, 0.1) is 11.6 Å². The fourth-order valence-electron chi connectivity index (χ4n) is 3.55. The Balaban J connectivity index is 1.65. The molecule has 2 saturated carbocycles. The summed E-state index contributed by atoms with van der Waals surface area (Å²) in [5, 5.41) is 8.25. The third kappa shape index (κ3) is 2.25. The molecule has 0 unspecified atom stereocenters. The van der Waals surface area contributed by atoms with Crippen LogP contribution in [0.2, 0.25) is 5.15 Å². The van der Waals surface area contributed by atoms with Crippen LogP contribution in [0.15, 0.2) is 12.1 Å². The van der Waals surface area contributed by atoms with Gasteiger partial charge in [0.2, 0.25) is 0 Å². The maximum Gasteiger partial charge on any atom is 0.155 e. The topological polar surface area (TPSA) is 35.0 Å². The SMILES string of the molecule is Fc1cc(C2CC2)cc(F)c1-c1nnc(Cl)c2c1COC1(CC1)C2. The van der Waals surface area contributed by atoms with Crippen LogP contribution in [0.1, 0.15) is 48.3 Å². The van der Waals surface area contributed by atoms with E-state index in [1.54, 1.807) is 0 Å².